The molecule has 0 radical (unpaired) electrons. The molecule has 0 bridgehead atoms. The van der Waals surface area contributed by atoms with Crippen molar-refractivity contribution in [3.05, 3.63) is 41.7 Å². The first kappa shape index (κ1) is 12.8. The maximum Gasteiger partial charge on any atom is 0.196 e. The van der Waals surface area contributed by atoms with E-state index < -0.39 is 10.8 Å². The second-order valence-corrected chi connectivity index (χ2v) is 5.72. The maximum atomic E-state index is 12.2. The van der Waals surface area contributed by atoms with Crippen molar-refractivity contribution in [2.45, 2.75) is 17.8 Å². The van der Waals surface area contributed by atoms with Crippen molar-refractivity contribution >= 4 is 16.5 Å². The van der Waals surface area contributed by atoms with Gasteiger partial charge in [0.05, 0.1) is 16.6 Å². The molecule has 2 rings (SSSR count). The smallest absolute Gasteiger partial charge is 0.196 e. The molecule has 1 unspecified atom stereocenters. The standard InChI is InChI=1S/C13H17N3OS/c1-10-5-4-6-12(16(2)3)11(10)9-18(17)13-14-7-8-15-13/h4-8H,9H2,1-3H3,(H,14,15). The predicted octanol–water partition coefficient (Wildman–Crippen LogP) is 2.09. The number of hydrogen-bond acceptors (Lipinski definition) is 3. The summed E-state index contributed by atoms with van der Waals surface area (Å²) >= 11 is 0. The van der Waals surface area contributed by atoms with Crippen LogP contribution < -0.4 is 4.90 Å². The Hall–Kier alpha value is -1.62. The molecule has 0 fully saturated rings. The van der Waals surface area contributed by atoms with Crippen LogP contribution >= 0.6 is 0 Å². The third-order valence-electron chi connectivity index (χ3n) is 2.83. The number of hydrogen-bond donors (Lipinski definition) is 1. The molecule has 1 heterocycles. The summed E-state index contributed by atoms with van der Waals surface area (Å²) in [6.07, 6.45) is 3.32. The Labute approximate surface area is 110 Å². The second kappa shape index (κ2) is 5.35. The van der Waals surface area contributed by atoms with Gasteiger partial charge in [-0.1, -0.05) is 12.1 Å². The van der Waals surface area contributed by atoms with Crippen molar-refractivity contribution in [3.63, 3.8) is 0 Å². The number of nitrogens with zero attached hydrogens (tertiary/aromatic N) is 2. The summed E-state index contributed by atoms with van der Waals surface area (Å²) < 4.78 is 12.2. The molecular formula is C13H17N3OS. The van der Waals surface area contributed by atoms with E-state index in [1.807, 2.05) is 44.1 Å². The van der Waals surface area contributed by atoms with Gasteiger partial charge in [0.2, 0.25) is 0 Å². The molecule has 1 atom stereocenters. The molecule has 1 aromatic heterocycles. The fourth-order valence-electron chi connectivity index (χ4n) is 1.87. The number of imidazole rings is 1. The first-order valence-corrected chi connectivity index (χ1v) is 7.05. The summed E-state index contributed by atoms with van der Waals surface area (Å²) in [6, 6.07) is 6.10. The quantitative estimate of drug-likeness (QED) is 0.919. The Morgan fingerprint density at radius 2 is 2.17 bits per heavy atom. The third kappa shape index (κ3) is 2.61. The van der Waals surface area contributed by atoms with Crippen LogP contribution in [0.25, 0.3) is 0 Å². The van der Waals surface area contributed by atoms with E-state index in [0.29, 0.717) is 10.9 Å². The van der Waals surface area contributed by atoms with Gasteiger partial charge in [-0.05, 0) is 24.1 Å². The molecule has 96 valence electrons. The zero-order valence-electron chi connectivity index (χ0n) is 10.8. The Bertz CT molecular complexity index is 549. The average molecular weight is 263 g/mol. The highest BCUT2D eigenvalue weighted by molar-refractivity contribution is 7.84. The van der Waals surface area contributed by atoms with Gasteiger partial charge in [-0.15, -0.1) is 0 Å². The van der Waals surface area contributed by atoms with Crippen LogP contribution in [0.2, 0.25) is 0 Å². The molecule has 0 aliphatic rings. The molecular weight excluding hydrogens is 246 g/mol. The number of aryl methyl sites for hydroxylation is 1. The average Bonchev–Trinajstić information content (AvgIpc) is 2.85. The van der Waals surface area contributed by atoms with Crippen LogP contribution in [0.15, 0.2) is 35.7 Å². The fourth-order valence-corrected chi connectivity index (χ4v) is 3.02. The lowest BCUT2D eigenvalue weighted by Gasteiger charge is -2.18. The molecule has 1 aromatic carbocycles. The van der Waals surface area contributed by atoms with Crippen LogP contribution in [-0.2, 0) is 16.6 Å². The van der Waals surface area contributed by atoms with Gasteiger partial charge in [-0.25, -0.2) is 4.98 Å². The molecule has 1 N–H and O–H groups in total. The highest BCUT2D eigenvalue weighted by Gasteiger charge is 2.13. The summed E-state index contributed by atoms with van der Waals surface area (Å²) in [5.74, 6) is 0.480. The van der Waals surface area contributed by atoms with E-state index in [1.165, 1.54) is 0 Å². The molecule has 0 spiro atoms. The SMILES string of the molecule is Cc1cccc(N(C)C)c1CS(=O)c1ncc[nH]1. The van der Waals surface area contributed by atoms with Crippen LogP contribution in [0.5, 0.6) is 0 Å². The molecule has 0 aliphatic heterocycles. The Morgan fingerprint density at radius 3 is 2.78 bits per heavy atom. The fraction of sp³-hybridized carbons (Fsp3) is 0.308. The van der Waals surface area contributed by atoms with E-state index in [0.717, 1.165) is 16.8 Å². The number of anilines is 1. The van der Waals surface area contributed by atoms with Gasteiger partial charge in [0.25, 0.3) is 0 Å². The first-order chi connectivity index (χ1) is 8.59. The Balaban J connectivity index is 2.31. The van der Waals surface area contributed by atoms with Gasteiger partial charge < -0.3 is 9.88 Å². The van der Waals surface area contributed by atoms with Gasteiger partial charge in [0.15, 0.2) is 5.16 Å². The van der Waals surface area contributed by atoms with Gasteiger partial charge in [0, 0.05) is 32.2 Å². The summed E-state index contributed by atoms with van der Waals surface area (Å²) in [5, 5.41) is 0.531. The van der Waals surface area contributed by atoms with Crippen molar-refractivity contribution < 1.29 is 4.21 Å². The van der Waals surface area contributed by atoms with Crippen LogP contribution in [0.3, 0.4) is 0 Å². The largest absolute Gasteiger partial charge is 0.377 e. The van der Waals surface area contributed by atoms with Crippen LogP contribution in [0, 0.1) is 6.92 Å². The highest BCUT2D eigenvalue weighted by Crippen LogP contribution is 2.24. The van der Waals surface area contributed by atoms with Crippen molar-refractivity contribution in [1.29, 1.82) is 0 Å². The van der Waals surface area contributed by atoms with Gasteiger partial charge in [-0.2, -0.15) is 0 Å². The van der Waals surface area contributed by atoms with E-state index in [4.69, 9.17) is 0 Å². The third-order valence-corrected chi connectivity index (χ3v) is 4.04. The topological polar surface area (TPSA) is 49.0 Å². The number of benzene rings is 1. The van der Waals surface area contributed by atoms with E-state index >= 15 is 0 Å². The number of aromatic amines is 1. The lowest BCUT2D eigenvalue weighted by molar-refractivity contribution is 0.677. The summed E-state index contributed by atoms with van der Waals surface area (Å²) in [6.45, 7) is 2.04. The zero-order chi connectivity index (χ0) is 13.1. The van der Waals surface area contributed by atoms with Crippen LogP contribution in [0.4, 0.5) is 5.69 Å². The van der Waals surface area contributed by atoms with Crippen molar-refractivity contribution in [2.24, 2.45) is 0 Å². The normalized spacial score (nSPS) is 12.4. The van der Waals surface area contributed by atoms with E-state index in [1.54, 1.807) is 12.4 Å². The van der Waals surface area contributed by atoms with Crippen LogP contribution in [-0.4, -0.2) is 28.3 Å². The number of H-pyrrole nitrogens is 1. The predicted molar refractivity (Wildman–Crippen MR) is 74.2 cm³/mol. The second-order valence-electron chi connectivity index (χ2n) is 4.35. The summed E-state index contributed by atoms with van der Waals surface area (Å²) in [5.41, 5.74) is 3.37. The zero-order valence-corrected chi connectivity index (χ0v) is 11.6. The van der Waals surface area contributed by atoms with Gasteiger partial charge in [0.1, 0.15) is 0 Å². The van der Waals surface area contributed by atoms with E-state index in [9.17, 15) is 4.21 Å². The lowest BCUT2D eigenvalue weighted by Crippen LogP contribution is -2.13. The lowest BCUT2D eigenvalue weighted by atomic mass is 10.1. The van der Waals surface area contributed by atoms with Crippen molar-refractivity contribution in [2.75, 3.05) is 19.0 Å². The minimum atomic E-state index is -1.13. The van der Waals surface area contributed by atoms with Gasteiger partial charge in [-0.3, -0.25) is 4.21 Å². The molecule has 0 saturated carbocycles. The monoisotopic (exact) mass is 263 g/mol. The summed E-state index contributed by atoms with van der Waals surface area (Å²) in [4.78, 5) is 8.99. The van der Waals surface area contributed by atoms with Crippen LogP contribution in [0.1, 0.15) is 11.1 Å². The number of rotatable bonds is 4. The number of nitrogens with one attached hydrogen (secondary N) is 1. The summed E-state index contributed by atoms with van der Waals surface area (Å²) in [7, 11) is 2.85. The highest BCUT2D eigenvalue weighted by atomic mass is 32.2. The number of aromatic nitrogens is 2. The molecule has 0 amide bonds. The Morgan fingerprint density at radius 1 is 1.39 bits per heavy atom. The molecule has 18 heavy (non-hydrogen) atoms. The molecule has 4 nitrogen and oxygen atoms in total. The minimum Gasteiger partial charge on any atom is -0.377 e. The Kier molecular flexibility index (Phi) is 3.81. The van der Waals surface area contributed by atoms with Crippen molar-refractivity contribution in [3.8, 4) is 0 Å². The van der Waals surface area contributed by atoms with E-state index in [2.05, 4.69) is 9.97 Å². The van der Waals surface area contributed by atoms with Crippen molar-refractivity contribution in [1.82, 2.24) is 9.97 Å². The molecule has 2 aromatic rings. The van der Waals surface area contributed by atoms with Gasteiger partial charge >= 0.3 is 0 Å². The molecule has 0 aliphatic carbocycles. The first-order valence-electron chi connectivity index (χ1n) is 5.73. The minimum absolute atomic E-state index is 0.480. The molecule has 0 saturated heterocycles. The maximum absolute atomic E-state index is 12.2. The van der Waals surface area contributed by atoms with E-state index in [-0.39, 0.29) is 0 Å². The molecule has 5 heteroatoms.